The summed E-state index contributed by atoms with van der Waals surface area (Å²) in [5.41, 5.74) is 7.42. The third-order valence-electron chi connectivity index (χ3n) is 9.12. The summed E-state index contributed by atoms with van der Waals surface area (Å²) in [5, 5.41) is 28.7. The van der Waals surface area contributed by atoms with Crippen molar-refractivity contribution in [3.63, 3.8) is 0 Å². The van der Waals surface area contributed by atoms with Crippen LogP contribution in [0.4, 0.5) is 19.3 Å². The highest BCUT2D eigenvalue weighted by molar-refractivity contribution is 5.94. The number of amides is 2. The molecule has 4 N–H and O–H groups in total. The Labute approximate surface area is 299 Å². The summed E-state index contributed by atoms with van der Waals surface area (Å²) in [7, 11) is 0. The van der Waals surface area contributed by atoms with E-state index in [1.54, 1.807) is 49.4 Å². The predicted octanol–water partition coefficient (Wildman–Crippen LogP) is -1.37. The van der Waals surface area contributed by atoms with E-state index in [-0.39, 0.29) is 37.1 Å². The summed E-state index contributed by atoms with van der Waals surface area (Å²) in [6.45, 7) is 8.19. The van der Waals surface area contributed by atoms with Crippen LogP contribution >= 0.6 is 0 Å². The molecule has 2 amide bonds. The van der Waals surface area contributed by atoms with Crippen LogP contribution in [0.25, 0.3) is 5.69 Å². The number of anilines is 1. The molecule has 1 aromatic heterocycles. The Morgan fingerprint density at radius 1 is 1.06 bits per heavy atom. The summed E-state index contributed by atoms with van der Waals surface area (Å²) in [6, 6.07) is 11.9. The first-order chi connectivity index (χ1) is 23.8. The van der Waals surface area contributed by atoms with E-state index in [4.69, 9.17) is 10.5 Å². The number of aliphatic hydroxyl groups is 1. The van der Waals surface area contributed by atoms with Gasteiger partial charge in [-0.1, -0.05) is 17.2 Å². The number of benzene rings is 3. The van der Waals surface area contributed by atoms with Gasteiger partial charge in [-0.25, -0.2) is 23.1 Å². The number of nitrogens with zero attached hydrogens (tertiary/aromatic N) is 8. The van der Waals surface area contributed by atoms with Crippen LogP contribution < -0.4 is 32.8 Å². The van der Waals surface area contributed by atoms with Crippen molar-refractivity contribution in [1.82, 2.24) is 30.0 Å². The Kier molecular flexibility index (Phi) is 11.0. The van der Waals surface area contributed by atoms with E-state index >= 15 is 4.39 Å². The molecule has 1 unspecified atom stereocenters. The van der Waals surface area contributed by atoms with Crippen LogP contribution in [0, 0.1) is 25.5 Å². The zero-order chi connectivity index (χ0) is 35.7. The fourth-order valence-electron chi connectivity index (χ4n) is 6.49. The summed E-state index contributed by atoms with van der Waals surface area (Å²) in [6.07, 6.45) is 3.11. The number of carbonyl (C=O) groups is 2. The van der Waals surface area contributed by atoms with E-state index in [9.17, 15) is 19.1 Å². The molecule has 1 saturated heterocycles. The van der Waals surface area contributed by atoms with Crippen molar-refractivity contribution < 1.29 is 45.6 Å². The van der Waals surface area contributed by atoms with Crippen molar-refractivity contribution in [3.05, 3.63) is 94.8 Å². The standard InChI is InChI=1S/C34H38F2N10O4.ClH/c1-21-13-25(14-22(2)31(21)50-32(47)23(3)37)16-42-19-39-43(20-42)17-34(49,29-10-5-26(35)15-30(29)36)24(4)44-11-12-45(33(44)48)27-6-8-28(9-7-27)46-18-38-40-41-46;/h5-10,13-15,18-19,23-24,49H,11-12,16-17,20,37H2,1-4H3;1H/t23-,24+,34+;/m0./s1. The molecule has 4 aromatic rings. The lowest BCUT2D eigenvalue weighted by atomic mass is 9.85. The number of nitrogens with one attached hydrogen (secondary N) is 1. The number of urea groups is 1. The molecule has 4 atom stereocenters. The van der Waals surface area contributed by atoms with Crippen LogP contribution in [-0.4, -0.2) is 91.8 Å². The average molecular weight is 725 g/mol. The topological polar surface area (TPSA) is 160 Å². The van der Waals surface area contributed by atoms with Crippen LogP contribution in [0.15, 0.2) is 66.0 Å². The molecular formula is C34H39ClF2N10O4. The second kappa shape index (κ2) is 15.1. The summed E-state index contributed by atoms with van der Waals surface area (Å²) >= 11 is 0. The summed E-state index contributed by atoms with van der Waals surface area (Å²) < 4.78 is 36.4. The first kappa shape index (κ1) is 37.2. The summed E-state index contributed by atoms with van der Waals surface area (Å²) in [5.74, 6) is -1.75. The molecule has 0 bridgehead atoms. The highest BCUT2D eigenvalue weighted by atomic mass is 35.5. The lowest BCUT2D eigenvalue weighted by Gasteiger charge is -2.39. The van der Waals surface area contributed by atoms with Gasteiger partial charge >= 0.3 is 12.0 Å². The number of ether oxygens (including phenoxy) is 1. The number of quaternary nitrogens is 1. The minimum atomic E-state index is -1.95. The van der Waals surface area contributed by atoms with Gasteiger partial charge in [0.05, 0.1) is 11.7 Å². The maximum Gasteiger partial charge on any atom is 0.328 e. The highest BCUT2D eigenvalue weighted by Gasteiger charge is 2.49. The van der Waals surface area contributed by atoms with Crippen molar-refractivity contribution in [2.75, 3.05) is 31.2 Å². The molecule has 2 aliphatic rings. The molecule has 14 nitrogen and oxygen atoms in total. The van der Waals surface area contributed by atoms with Crippen molar-refractivity contribution in [3.8, 4) is 11.4 Å². The van der Waals surface area contributed by atoms with E-state index in [1.165, 1.54) is 22.0 Å². The summed E-state index contributed by atoms with van der Waals surface area (Å²) in [4.78, 5) is 30.9. The molecule has 0 saturated carbocycles. The molecule has 3 aromatic carbocycles. The number of rotatable bonds is 11. The van der Waals surface area contributed by atoms with Gasteiger partial charge in [0.15, 0.2) is 18.6 Å². The molecule has 6 rings (SSSR count). The number of hydrogen-bond acceptors (Lipinski definition) is 10. The minimum absolute atomic E-state index is 0. The average Bonchev–Trinajstić information content (AvgIpc) is 3.84. The molecule has 51 heavy (non-hydrogen) atoms. The Morgan fingerprint density at radius 2 is 1.75 bits per heavy atom. The number of carbonyl (C=O) groups excluding carboxylic acids is 2. The monoisotopic (exact) mass is 724 g/mol. The van der Waals surface area contributed by atoms with Crippen molar-refractivity contribution >= 4 is 24.0 Å². The number of aryl methyl sites for hydroxylation is 2. The molecular weight excluding hydrogens is 686 g/mol. The molecule has 3 heterocycles. The second-order valence-corrected chi connectivity index (χ2v) is 12.8. The van der Waals surface area contributed by atoms with Gasteiger partial charge in [0, 0.05) is 37.0 Å². The largest absolute Gasteiger partial charge is 1.00 e. The smallest absolute Gasteiger partial charge is 0.328 e. The minimum Gasteiger partial charge on any atom is -1.00 e. The van der Waals surface area contributed by atoms with Gasteiger partial charge in [0.2, 0.25) is 0 Å². The molecule has 1 fully saturated rings. The Balaban J connectivity index is 0.00000504. The fraction of sp³-hybridized carbons (Fsp3) is 0.353. The van der Waals surface area contributed by atoms with Gasteiger partial charge < -0.3 is 37.8 Å². The molecule has 270 valence electrons. The quantitative estimate of drug-likeness (QED) is 0.125. The molecule has 17 heteroatoms. The van der Waals surface area contributed by atoms with Crippen LogP contribution in [0.2, 0.25) is 0 Å². The Morgan fingerprint density at radius 3 is 2.37 bits per heavy atom. The highest BCUT2D eigenvalue weighted by Crippen LogP contribution is 2.33. The zero-order valence-corrected chi connectivity index (χ0v) is 29.3. The lowest BCUT2D eigenvalue weighted by Crippen LogP contribution is -3.09. The van der Waals surface area contributed by atoms with Gasteiger partial charge in [0.1, 0.15) is 36.3 Å². The Bertz CT molecular complexity index is 1890. The zero-order valence-electron chi connectivity index (χ0n) is 28.5. The molecule has 0 aliphatic carbocycles. The van der Waals surface area contributed by atoms with Crippen molar-refractivity contribution in [2.24, 2.45) is 10.8 Å². The fourth-order valence-corrected chi connectivity index (χ4v) is 6.49. The normalized spacial score (nSPS) is 18.1. The van der Waals surface area contributed by atoms with E-state index in [1.807, 2.05) is 30.9 Å². The molecule has 2 aliphatic heterocycles. The van der Waals surface area contributed by atoms with E-state index in [0.717, 1.165) is 28.8 Å². The van der Waals surface area contributed by atoms with Crippen LogP contribution in [0.1, 0.15) is 36.1 Å². The number of nitrogens with two attached hydrogens (primary N) is 1. The van der Waals surface area contributed by atoms with Crippen LogP contribution in [-0.2, 0) is 16.9 Å². The van der Waals surface area contributed by atoms with Gasteiger partial charge in [-0.05, 0) is 91.2 Å². The van der Waals surface area contributed by atoms with Crippen molar-refractivity contribution in [2.45, 2.75) is 51.9 Å². The van der Waals surface area contributed by atoms with Gasteiger partial charge in [-0.15, -0.1) is 5.10 Å². The van der Waals surface area contributed by atoms with Crippen molar-refractivity contribution in [1.29, 1.82) is 0 Å². The maximum absolute atomic E-state index is 15.4. The van der Waals surface area contributed by atoms with Gasteiger partial charge in [0.25, 0.3) is 0 Å². The van der Waals surface area contributed by atoms with E-state index in [0.29, 0.717) is 41.9 Å². The number of aromatic nitrogens is 4. The molecule has 0 radical (unpaired) electrons. The molecule has 0 spiro atoms. The van der Waals surface area contributed by atoms with Crippen LogP contribution in [0.5, 0.6) is 5.75 Å². The number of hydrogen-bond donors (Lipinski definition) is 3. The first-order valence-corrected chi connectivity index (χ1v) is 16.1. The number of tetrazole rings is 1. The van der Waals surface area contributed by atoms with Gasteiger partial charge in [-0.3, -0.25) is 4.90 Å². The maximum atomic E-state index is 15.4. The van der Waals surface area contributed by atoms with Crippen LogP contribution in [0.3, 0.4) is 0 Å². The number of esters is 1. The van der Waals surface area contributed by atoms with E-state index < -0.39 is 35.3 Å². The number of halogens is 3. The SMILES string of the molecule is Cc1cc(CN2C=N[NH+](C[C@](O)(c3ccc(F)cc3F)[C@@H](C)N3CCN(c4ccc(-n5cnnn5)cc4)C3=O)C2)cc(C)c1OC(=O)[C@H](C)N.[Cl-]. The third-order valence-corrected chi connectivity index (χ3v) is 9.12. The predicted molar refractivity (Wildman–Crippen MR) is 178 cm³/mol. The second-order valence-electron chi connectivity index (χ2n) is 12.8. The lowest BCUT2D eigenvalue weighted by molar-refractivity contribution is -0.915. The Hall–Kier alpha value is -5.03. The van der Waals surface area contributed by atoms with E-state index in [2.05, 4.69) is 20.6 Å². The first-order valence-electron chi connectivity index (χ1n) is 16.1. The third kappa shape index (κ3) is 7.68. The van der Waals surface area contributed by atoms with Gasteiger partial charge in [-0.2, -0.15) is 5.01 Å².